The Hall–Kier alpha value is -2.09. The maximum atomic E-state index is 12.5. The number of benzene rings is 1. The molecular formula is C16H18F3N3O2. The number of fused-ring (bicyclic) bond motifs is 2. The third kappa shape index (κ3) is 3.69. The van der Waals surface area contributed by atoms with Gasteiger partial charge in [0.2, 0.25) is 0 Å². The van der Waals surface area contributed by atoms with Crippen LogP contribution in [0.2, 0.25) is 0 Å². The van der Waals surface area contributed by atoms with E-state index in [9.17, 15) is 18.0 Å². The van der Waals surface area contributed by atoms with Gasteiger partial charge in [-0.3, -0.25) is 15.1 Å². The molecule has 3 rings (SSSR count). The molecule has 2 unspecified atom stereocenters. The molecule has 1 N–H and O–H groups in total. The van der Waals surface area contributed by atoms with Gasteiger partial charge in [-0.2, -0.15) is 13.2 Å². The van der Waals surface area contributed by atoms with Crippen molar-refractivity contribution in [2.75, 3.05) is 12.4 Å². The monoisotopic (exact) mass is 341 g/mol. The fourth-order valence-corrected chi connectivity index (χ4v) is 3.27. The number of carbonyl (C=O) groups is 1. The number of anilines is 1. The number of piperidine rings is 1. The van der Waals surface area contributed by atoms with Crippen molar-refractivity contribution in [2.45, 2.75) is 43.9 Å². The molecule has 24 heavy (non-hydrogen) atoms. The lowest BCUT2D eigenvalue weighted by molar-refractivity contribution is -0.137. The quantitative estimate of drug-likeness (QED) is 0.656. The summed E-state index contributed by atoms with van der Waals surface area (Å²) in [6, 6.07) is 5.04. The van der Waals surface area contributed by atoms with Crippen molar-refractivity contribution in [1.82, 2.24) is 4.90 Å². The maximum Gasteiger partial charge on any atom is 0.437 e. The zero-order valence-corrected chi connectivity index (χ0v) is 13.1. The Labute approximate surface area is 137 Å². The molecule has 2 saturated heterocycles. The number of alkyl halides is 3. The lowest BCUT2D eigenvalue weighted by Crippen LogP contribution is -2.40. The summed E-state index contributed by atoms with van der Waals surface area (Å²) in [4.78, 5) is 18.9. The summed E-state index contributed by atoms with van der Waals surface area (Å²) in [7, 11) is 2.09. The largest absolute Gasteiger partial charge is 0.437 e. The van der Waals surface area contributed by atoms with Gasteiger partial charge < -0.3 is 0 Å². The highest BCUT2D eigenvalue weighted by Gasteiger charge is 2.37. The first-order chi connectivity index (χ1) is 11.3. The predicted octanol–water partition coefficient (Wildman–Crippen LogP) is 3.87. The molecule has 1 aromatic carbocycles. The van der Waals surface area contributed by atoms with Gasteiger partial charge in [0, 0.05) is 30.6 Å². The molecule has 2 atom stereocenters. The number of nitrogens with one attached hydrogen (secondary N) is 1. The van der Waals surface area contributed by atoms with E-state index in [1.54, 1.807) is 0 Å². The van der Waals surface area contributed by atoms with Gasteiger partial charge in [0.15, 0.2) is 0 Å². The number of carbonyl (C=O) groups excluding carboxylic acids is 1. The van der Waals surface area contributed by atoms with Crippen LogP contribution in [-0.2, 0) is 11.0 Å². The first kappa shape index (κ1) is 16.8. The Bertz CT molecular complexity index is 627. The van der Waals surface area contributed by atoms with Crippen LogP contribution in [0.5, 0.6) is 0 Å². The van der Waals surface area contributed by atoms with Crippen LogP contribution in [-0.4, -0.2) is 35.8 Å². The van der Waals surface area contributed by atoms with E-state index in [0.29, 0.717) is 12.1 Å². The molecule has 0 radical (unpaired) electrons. The summed E-state index contributed by atoms with van der Waals surface area (Å²) in [5.74, 6) is 0. The fraction of sp³-hybridized carbons (Fsp3) is 0.500. The third-order valence-corrected chi connectivity index (χ3v) is 4.64. The van der Waals surface area contributed by atoms with E-state index in [-0.39, 0.29) is 5.69 Å². The van der Waals surface area contributed by atoms with Crippen molar-refractivity contribution in [1.29, 1.82) is 0 Å². The first-order valence-electron chi connectivity index (χ1n) is 7.76. The normalized spacial score (nSPS) is 23.9. The van der Waals surface area contributed by atoms with E-state index >= 15 is 0 Å². The zero-order valence-electron chi connectivity index (χ0n) is 13.1. The number of oxime groups is 1. The van der Waals surface area contributed by atoms with Crippen molar-refractivity contribution in [2.24, 2.45) is 5.16 Å². The van der Waals surface area contributed by atoms with E-state index in [1.807, 2.05) is 0 Å². The highest BCUT2D eigenvalue weighted by atomic mass is 19.4. The van der Waals surface area contributed by atoms with Crippen LogP contribution < -0.4 is 5.32 Å². The Morgan fingerprint density at radius 3 is 2.33 bits per heavy atom. The van der Waals surface area contributed by atoms with Gasteiger partial charge in [-0.15, -0.1) is 0 Å². The van der Waals surface area contributed by atoms with Crippen molar-refractivity contribution in [3.63, 3.8) is 0 Å². The molecule has 1 aromatic rings. The average molecular weight is 341 g/mol. The van der Waals surface area contributed by atoms with Gasteiger partial charge in [0.25, 0.3) is 0 Å². The summed E-state index contributed by atoms with van der Waals surface area (Å²) >= 11 is 0. The van der Waals surface area contributed by atoms with Crippen LogP contribution in [0.25, 0.3) is 0 Å². The van der Waals surface area contributed by atoms with Crippen molar-refractivity contribution in [3.8, 4) is 0 Å². The van der Waals surface area contributed by atoms with Crippen LogP contribution in [0, 0.1) is 0 Å². The Kier molecular flexibility index (Phi) is 4.49. The molecule has 130 valence electrons. The molecule has 0 aromatic heterocycles. The molecule has 1 amide bonds. The second-order valence-electron chi connectivity index (χ2n) is 6.20. The smallest absolute Gasteiger partial charge is 0.300 e. The third-order valence-electron chi connectivity index (χ3n) is 4.64. The molecule has 5 nitrogen and oxygen atoms in total. The zero-order chi connectivity index (χ0) is 17.3. The summed E-state index contributed by atoms with van der Waals surface area (Å²) in [5.41, 5.74) is 0.295. The molecule has 0 saturated carbocycles. The summed E-state index contributed by atoms with van der Waals surface area (Å²) < 4.78 is 37.4. The minimum absolute atomic E-state index is 0.219. The number of nitrogens with zero attached hydrogens (tertiary/aromatic N) is 2. The lowest BCUT2D eigenvalue weighted by Gasteiger charge is -2.31. The second-order valence-corrected chi connectivity index (χ2v) is 6.20. The topological polar surface area (TPSA) is 53.9 Å². The van der Waals surface area contributed by atoms with E-state index in [0.717, 1.165) is 43.5 Å². The molecule has 0 aliphatic carbocycles. The number of hydrogen-bond donors (Lipinski definition) is 1. The van der Waals surface area contributed by atoms with Crippen LogP contribution in [0.15, 0.2) is 29.4 Å². The standard InChI is InChI=1S/C16H18F3N3O2/c1-22-13-6-7-14(22)9-12(8-13)21-24-15(23)20-11-4-2-10(3-5-11)16(17,18)19/h2-5,13-14H,6-9H2,1H3,(H,20,23). The van der Waals surface area contributed by atoms with Crippen molar-refractivity contribution >= 4 is 17.5 Å². The van der Waals surface area contributed by atoms with Gasteiger partial charge in [0.05, 0.1) is 11.3 Å². The van der Waals surface area contributed by atoms with E-state index in [2.05, 4.69) is 22.4 Å². The molecule has 2 aliphatic heterocycles. The van der Waals surface area contributed by atoms with Crippen LogP contribution in [0.1, 0.15) is 31.2 Å². The van der Waals surface area contributed by atoms with Crippen molar-refractivity contribution < 1.29 is 22.8 Å². The van der Waals surface area contributed by atoms with Crippen LogP contribution in [0.3, 0.4) is 0 Å². The molecule has 2 fully saturated rings. The minimum atomic E-state index is -4.40. The summed E-state index contributed by atoms with van der Waals surface area (Å²) in [6.45, 7) is 0. The van der Waals surface area contributed by atoms with E-state index < -0.39 is 17.8 Å². The van der Waals surface area contributed by atoms with Gasteiger partial charge in [-0.05, 0) is 44.2 Å². The van der Waals surface area contributed by atoms with Crippen LogP contribution >= 0.6 is 0 Å². The molecule has 2 heterocycles. The highest BCUT2D eigenvalue weighted by molar-refractivity contribution is 5.88. The van der Waals surface area contributed by atoms with Gasteiger partial charge in [0.1, 0.15) is 0 Å². The minimum Gasteiger partial charge on any atom is -0.300 e. The Balaban J connectivity index is 1.54. The van der Waals surface area contributed by atoms with Gasteiger partial charge in [-0.1, -0.05) is 5.16 Å². The van der Waals surface area contributed by atoms with Gasteiger partial charge in [-0.25, -0.2) is 4.79 Å². The highest BCUT2D eigenvalue weighted by Crippen LogP contribution is 2.33. The van der Waals surface area contributed by atoms with Gasteiger partial charge >= 0.3 is 12.3 Å². The fourth-order valence-electron chi connectivity index (χ4n) is 3.27. The Morgan fingerprint density at radius 2 is 1.79 bits per heavy atom. The van der Waals surface area contributed by atoms with Crippen LogP contribution in [0.4, 0.5) is 23.7 Å². The van der Waals surface area contributed by atoms with Crippen molar-refractivity contribution in [3.05, 3.63) is 29.8 Å². The van der Waals surface area contributed by atoms with E-state index in [4.69, 9.17) is 4.84 Å². The Morgan fingerprint density at radius 1 is 1.21 bits per heavy atom. The molecule has 8 heteroatoms. The maximum absolute atomic E-state index is 12.5. The molecule has 2 bridgehead atoms. The second kappa shape index (κ2) is 6.43. The number of rotatable bonds is 2. The summed E-state index contributed by atoms with van der Waals surface area (Å²) in [5, 5.41) is 6.27. The SMILES string of the molecule is CN1C2CCC1CC(=NOC(=O)Nc1ccc(C(F)(F)F)cc1)C2. The number of hydrogen-bond acceptors (Lipinski definition) is 4. The van der Waals surface area contributed by atoms with E-state index in [1.165, 1.54) is 12.1 Å². The predicted molar refractivity (Wildman–Crippen MR) is 82.8 cm³/mol. The first-order valence-corrected chi connectivity index (χ1v) is 7.76. The lowest BCUT2D eigenvalue weighted by atomic mass is 10.0. The molecule has 0 spiro atoms. The number of halogens is 3. The molecule has 2 aliphatic rings. The average Bonchev–Trinajstić information content (AvgIpc) is 2.74. The number of amides is 1. The summed E-state index contributed by atoms with van der Waals surface area (Å²) in [6.07, 6.45) is -1.41. The molecular weight excluding hydrogens is 323 g/mol.